The number of amides is 2. The van der Waals surface area contributed by atoms with Crippen molar-refractivity contribution in [3.63, 3.8) is 0 Å². The molecule has 0 radical (unpaired) electrons. The fourth-order valence-corrected chi connectivity index (χ4v) is 18.8. The minimum absolute atomic E-state index is 0.0241. The molecule has 33 unspecified atom stereocenters. The number of fused-ring (bicyclic) bond motifs is 2. The van der Waals surface area contributed by atoms with Crippen LogP contribution in [0.5, 0.6) is 0 Å². The molecule has 1 aromatic heterocycles. The van der Waals surface area contributed by atoms with Crippen LogP contribution in [-0.4, -0.2) is 421 Å². The maximum absolute atomic E-state index is 14.3. The molecule has 36 atom stereocenters. The van der Waals surface area contributed by atoms with Gasteiger partial charge in [-0.15, -0.1) is 16.9 Å². The van der Waals surface area contributed by atoms with Gasteiger partial charge in [-0.2, -0.15) is 0 Å². The third kappa shape index (κ3) is 28.6. The Kier molecular flexibility index (Phi) is 43.2. The van der Waals surface area contributed by atoms with Gasteiger partial charge in [0.25, 0.3) is 0 Å². The highest BCUT2D eigenvalue weighted by Crippen LogP contribution is 2.53. The summed E-state index contributed by atoms with van der Waals surface area (Å²) in [6, 6.07) is -0.952. The Labute approximate surface area is 777 Å². The predicted octanol–water partition coefficient (Wildman–Crippen LogP) is -5.12. The van der Waals surface area contributed by atoms with Crippen LogP contribution in [0.4, 0.5) is 0 Å². The molecule has 45 heteroatoms. The largest absolute Gasteiger partial charge is 0.465 e. The molecule has 22 aliphatic heterocycles. The van der Waals surface area contributed by atoms with E-state index in [1.165, 1.54) is 4.68 Å². The Morgan fingerprint density at radius 3 is 1.37 bits per heavy atom. The van der Waals surface area contributed by atoms with Crippen LogP contribution in [0.25, 0.3) is 0 Å². The number of rotatable bonds is 43. The summed E-state index contributed by atoms with van der Waals surface area (Å²) < 4.78 is 108. The van der Waals surface area contributed by atoms with Crippen LogP contribution in [0.15, 0.2) is 0 Å². The predicted molar refractivity (Wildman–Crippen MR) is 453 cm³/mol. The summed E-state index contributed by atoms with van der Waals surface area (Å²) in [4.78, 5) is 80.6. The molecular formula is C89H143N5O40. The summed E-state index contributed by atoms with van der Waals surface area (Å²) in [5, 5.41) is 199. The summed E-state index contributed by atoms with van der Waals surface area (Å²) in [5.41, 5.74) is 0.695. The van der Waals surface area contributed by atoms with Crippen molar-refractivity contribution in [2.75, 3.05) is 99.0 Å². The highest BCUT2D eigenvalue weighted by molar-refractivity contribution is 5.94. The Hall–Kier alpha value is -5.20. The van der Waals surface area contributed by atoms with Crippen LogP contribution in [0.2, 0.25) is 0 Å². The van der Waals surface area contributed by atoms with Gasteiger partial charge in [-0.25, -0.2) is 4.68 Å². The molecule has 134 heavy (non-hydrogen) atoms. The summed E-state index contributed by atoms with van der Waals surface area (Å²) in [6.45, 7) is 7.87. The molecule has 23 fully saturated rings. The van der Waals surface area contributed by atoms with E-state index in [2.05, 4.69) is 32.8 Å². The number of hydrogen-bond acceptors (Lipinski definition) is 42. The highest BCUT2D eigenvalue weighted by atomic mass is 16.8. The van der Waals surface area contributed by atoms with Crippen molar-refractivity contribution in [1.82, 2.24) is 25.6 Å². The van der Waals surface area contributed by atoms with E-state index < -0.39 is 260 Å². The average molecular weight is 1920 g/mol. The number of aliphatic hydroxyl groups excluding tert-OH is 16. The van der Waals surface area contributed by atoms with E-state index in [9.17, 15) is 110 Å². The molecule has 1 aromatic rings. The molecule has 764 valence electrons. The number of ether oxygens (including phenoxy) is 18. The number of ketones is 3. The number of hydrogen-bond donors (Lipinski definition) is 18. The van der Waals surface area contributed by atoms with Crippen molar-refractivity contribution in [2.24, 2.45) is 41.4 Å². The van der Waals surface area contributed by atoms with Gasteiger partial charge in [0.2, 0.25) is 11.8 Å². The van der Waals surface area contributed by atoms with Gasteiger partial charge >= 0.3 is 5.97 Å². The van der Waals surface area contributed by atoms with Crippen molar-refractivity contribution < 1.29 is 196 Å². The van der Waals surface area contributed by atoms with Crippen LogP contribution in [0.3, 0.4) is 0 Å². The van der Waals surface area contributed by atoms with Crippen molar-refractivity contribution in [3.8, 4) is 11.8 Å². The average Bonchev–Trinajstić information content (AvgIpc) is 1.42. The van der Waals surface area contributed by atoms with Gasteiger partial charge in [0, 0.05) is 69.4 Å². The smallest absolute Gasteiger partial charge is 0.305 e. The first-order valence-electron chi connectivity index (χ1n) is 47.4. The fourth-order valence-electron chi connectivity index (χ4n) is 18.8. The van der Waals surface area contributed by atoms with Crippen LogP contribution in [0.1, 0.15) is 168 Å². The van der Waals surface area contributed by atoms with Gasteiger partial charge in [-0.1, -0.05) is 66.0 Å². The van der Waals surface area contributed by atoms with Crippen LogP contribution in [0, 0.1) is 53.3 Å². The Morgan fingerprint density at radius 2 is 0.918 bits per heavy atom. The maximum Gasteiger partial charge on any atom is 0.305 e. The second kappa shape index (κ2) is 53.1. The summed E-state index contributed by atoms with van der Waals surface area (Å²) in [6.07, 6.45) is -52.1. The lowest BCUT2D eigenvalue weighted by molar-refractivity contribution is -0.403. The second-order valence-electron chi connectivity index (χ2n) is 36.9. The molecule has 0 aromatic carbocycles. The monoisotopic (exact) mass is 1920 g/mol. The molecule has 22 saturated heterocycles. The lowest BCUT2D eigenvalue weighted by Gasteiger charge is -2.51. The van der Waals surface area contributed by atoms with Crippen molar-refractivity contribution >= 4 is 35.1 Å². The van der Waals surface area contributed by atoms with Gasteiger partial charge < -0.3 is 178 Å². The Morgan fingerprint density at radius 1 is 0.485 bits per heavy atom. The van der Waals surface area contributed by atoms with Gasteiger partial charge in [0.1, 0.15) is 170 Å². The topological polar surface area (TPSA) is 647 Å². The zero-order chi connectivity index (χ0) is 96.7. The number of Topliss-reactive ketones (excluding diaryl/α,β-unsaturated/α-hetero) is 3. The molecule has 3 aliphatic carbocycles. The maximum atomic E-state index is 14.3. The van der Waals surface area contributed by atoms with Gasteiger partial charge in [-0.05, 0) is 81.5 Å². The first kappa shape index (κ1) is 109. The zero-order valence-corrected chi connectivity index (χ0v) is 76.9. The second-order valence-corrected chi connectivity index (χ2v) is 36.9. The zero-order valence-electron chi connectivity index (χ0n) is 76.9. The SMILES string of the molecule is CCC1OC2OC3C(CO)OC(OC4C(CO)OC(OC5C(Cn6nnc7c6CCCCCC7OCC(=O)NCCCC[C@@H](CC(=O)CCOCCOCCOCCOCCCC(=O)OCC6C7CCC#CCCC76)C(=O)N[C@H](C(=O)C[C@@H](C)C(=O)C(C)C)C(C)C)OC(OC6C(CO)OC(OC7C(CO)OC(OC1C(O)C2O)C(O)C7O)C(O)C6O)C(O)C5O)C(O)C4O)C(O)C3O. The van der Waals surface area contributed by atoms with Crippen molar-refractivity contribution in [2.45, 2.75) is 360 Å². The van der Waals surface area contributed by atoms with Gasteiger partial charge in [-0.3, -0.25) is 28.8 Å². The highest BCUT2D eigenvalue weighted by Gasteiger charge is 2.60. The van der Waals surface area contributed by atoms with Crippen LogP contribution in [-0.2, 0) is 127 Å². The Bertz CT molecular complexity index is 3820. The number of unbranched alkanes of at least 4 members (excludes halogenated alkanes) is 1. The number of esters is 1. The van der Waals surface area contributed by atoms with Crippen molar-refractivity contribution in [1.29, 1.82) is 0 Å². The molecule has 1 saturated carbocycles. The van der Waals surface area contributed by atoms with E-state index in [0.717, 1.165) is 25.7 Å². The van der Waals surface area contributed by atoms with E-state index in [-0.39, 0.29) is 119 Å². The molecule has 0 spiro atoms. The van der Waals surface area contributed by atoms with Crippen LogP contribution < -0.4 is 10.6 Å². The Balaban J connectivity index is 0.709. The normalized spacial score (nSPS) is 37.7. The van der Waals surface area contributed by atoms with Gasteiger partial charge in [0.15, 0.2) is 43.5 Å². The number of aliphatic hydroxyl groups is 16. The van der Waals surface area contributed by atoms with E-state index in [4.69, 9.17) is 85.3 Å². The molecule has 23 heterocycles. The molecule has 45 nitrogen and oxygen atoms in total. The van der Waals surface area contributed by atoms with E-state index in [0.29, 0.717) is 101 Å². The summed E-state index contributed by atoms with van der Waals surface area (Å²) in [7, 11) is 0. The van der Waals surface area contributed by atoms with Crippen LogP contribution >= 0.6 is 0 Å². The van der Waals surface area contributed by atoms with Gasteiger partial charge in [0.05, 0.1) is 104 Å². The standard InChI is InChI=1S/C89H143N5O40/c1-7-53-77-65(104)71(110)84(123-53)131-79-56(37-95)127-88(75(114)69(79)108)134-82-59(40-98)126-87(74(113)68(82)107)130-78-55(124-85(72(111)66(78)105)132-80-57(38-96)128-89(76(115)70(80)109)133-81-58(39-97)125-86(129-77)73(112)67(81)106)36-94-51-21-13-10-14-22-54(63(51)92-93-94)121-42-60(101)90-25-16-15-18-46(83(116)91-62(43(2)3)52(100)34-45(6)64(103)44(4)5)35-47(99)24-27-118-29-31-120-33-32-119-30-28-117-26-17-23-61(102)122-41-50-48-19-11-8-9-12-20-49(48)50/h43-46,48-50,53-59,62,65-82,84-89,95-98,104-115H,7,10-42H2,1-6H3,(H,90,101)(H,91,116)/t45-,46+,48?,49?,50?,53?,54?,55?,56?,57?,58?,59?,62+,65?,66?,67?,68?,69?,70?,71?,72?,73?,74?,75?,76?,77?,78?,79?,80?,81?,82?,84?,85?,86?,87?,88?,89?/m1/s1. The summed E-state index contributed by atoms with van der Waals surface area (Å²) >= 11 is 0. The number of nitrogens with zero attached hydrogens (tertiary/aromatic N) is 3. The number of nitrogens with one attached hydrogen (secondary N) is 2. The first-order chi connectivity index (χ1) is 64.3. The molecule has 26 rings (SSSR count). The quantitative estimate of drug-likeness (QED) is 0.0165. The lowest BCUT2D eigenvalue weighted by Crippen LogP contribution is -2.69. The molecule has 2 amide bonds. The lowest BCUT2D eigenvalue weighted by atomic mass is 9.87. The summed E-state index contributed by atoms with van der Waals surface area (Å²) in [5.74, 6) is 3.96. The number of aromatic nitrogens is 3. The minimum atomic E-state index is -2.25. The molecular weight excluding hydrogens is 1780 g/mol. The van der Waals surface area contributed by atoms with Crippen molar-refractivity contribution in [3.05, 3.63) is 11.4 Å². The molecule has 25 aliphatic rings. The number of carbonyl (C=O) groups is 6. The molecule has 18 N–H and O–H groups in total. The van der Waals surface area contributed by atoms with E-state index in [1.807, 2.05) is 0 Å². The first-order valence-corrected chi connectivity index (χ1v) is 47.4. The third-order valence-corrected chi connectivity index (χ3v) is 26.6. The molecule has 12 bridgehead atoms. The van der Waals surface area contributed by atoms with E-state index in [1.54, 1.807) is 41.5 Å². The number of carbonyl (C=O) groups excluding carboxylic acids is 6. The third-order valence-electron chi connectivity index (χ3n) is 26.6. The minimum Gasteiger partial charge on any atom is -0.465 e. The van der Waals surface area contributed by atoms with E-state index >= 15 is 0 Å². The fraction of sp³-hybridized carbons (Fsp3) is 0.888.